The number of nitrogens with zero attached hydrogens (tertiary/aromatic N) is 3. The zero-order valence-electron chi connectivity index (χ0n) is 13.1. The molecule has 116 valence electrons. The molecule has 0 N–H and O–H groups in total. The van der Waals surface area contributed by atoms with Gasteiger partial charge in [-0.25, -0.2) is 4.68 Å². The van der Waals surface area contributed by atoms with Crippen LogP contribution in [0.2, 0.25) is 5.02 Å². The predicted molar refractivity (Wildman–Crippen MR) is 87.8 cm³/mol. The molecule has 5 heteroatoms. The lowest BCUT2D eigenvalue weighted by Crippen LogP contribution is -2.29. The maximum absolute atomic E-state index is 12.7. The summed E-state index contributed by atoms with van der Waals surface area (Å²) in [5.74, 6) is 0.243. The van der Waals surface area contributed by atoms with Crippen molar-refractivity contribution in [3.63, 3.8) is 0 Å². The molecule has 1 fully saturated rings. The Balaban J connectivity index is 2.04. The number of halogens is 1. The van der Waals surface area contributed by atoms with Crippen LogP contribution in [0.25, 0.3) is 5.69 Å². The fourth-order valence-corrected chi connectivity index (χ4v) is 2.89. The van der Waals surface area contributed by atoms with Crippen LogP contribution in [0.15, 0.2) is 30.5 Å². The van der Waals surface area contributed by atoms with E-state index in [2.05, 4.69) is 18.9 Å². The summed E-state index contributed by atoms with van der Waals surface area (Å²) in [6.07, 6.45) is 3.88. The SMILES string of the molecule is CC(C)c1c(C(=O)N(C)C2CC2)cnn1-c1cccc(Cl)c1. The van der Waals surface area contributed by atoms with Crippen LogP contribution in [0.4, 0.5) is 0 Å². The molecule has 0 aliphatic heterocycles. The number of benzene rings is 1. The molecule has 1 aliphatic carbocycles. The zero-order valence-corrected chi connectivity index (χ0v) is 13.8. The van der Waals surface area contributed by atoms with E-state index in [1.54, 1.807) is 6.20 Å². The van der Waals surface area contributed by atoms with E-state index >= 15 is 0 Å². The summed E-state index contributed by atoms with van der Waals surface area (Å²) >= 11 is 6.08. The molecular weight excluding hydrogens is 298 g/mol. The van der Waals surface area contributed by atoms with Crippen molar-refractivity contribution in [2.24, 2.45) is 0 Å². The van der Waals surface area contributed by atoms with Crippen LogP contribution in [0.3, 0.4) is 0 Å². The van der Waals surface area contributed by atoms with Crippen LogP contribution >= 0.6 is 11.6 Å². The molecule has 1 heterocycles. The third kappa shape index (κ3) is 2.75. The first-order valence-electron chi connectivity index (χ1n) is 7.60. The number of hydrogen-bond acceptors (Lipinski definition) is 2. The van der Waals surface area contributed by atoms with Crippen molar-refractivity contribution in [3.8, 4) is 5.69 Å². The molecule has 4 nitrogen and oxygen atoms in total. The minimum Gasteiger partial charge on any atom is -0.339 e. The maximum Gasteiger partial charge on any atom is 0.257 e. The Hall–Kier alpha value is -1.81. The van der Waals surface area contributed by atoms with E-state index in [9.17, 15) is 4.79 Å². The van der Waals surface area contributed by atoms with Gasteiger partial charge in [-0.3, -0.25) is 4.79 Å². The lowest BCUT2D eigenvalue weighted by Gasteiger charge is -2.18. The predicted octanol–water partition coefficient (Wildman–Crippen LogP) is 3.88. The van der Waals surface area contributed by atoms with Crippen LogP contribution in [-0.2, 0) is 0 Å². The maximum atomic E-state index is 12.7. The van der Waals surface area contributed by atoms with Gasteiger partial charge in [0.05, 0.1) is 23.1 Å². The molecule has 0 radical (unpaired) electrons. The van der Waals surface area contributed by atoms with Crippen molar-refractivity contribution in [2.45, 2.75) is 38.6 Å². The molecule has 0 atom stereocenters. The van der Waals surface area contributed by atoms with Crippen LogP contribution in [0.1, 0.15) is 48.7 Å². The van der Waals surface area contributed by atoms with E-state index in [0.29, 0.717) is 16.6 Å². The molecule has 0 spiro atoms. The lowest BCUT2D eigenvalue weighted by molar-refractivity contribution is 0.0783. The molecule has 2 aromatic rings. The third-order valence-corrected chi connectivity index (χ3v) is 4.29. The largest absolute Gasteiger partial charge is 0.339 e. The van der Waals surface area contributed by atoms with Crippen molar-refractivity contribution in [3.05, 3.63) is 46.7 Å². The average molecular weight is 318 g/mol. The number of aromatic nitrogens is 2. The third-order valence-electron chi connectivity index (χ3n) is 4.05. The summed E-state index contributed by atoms with van der Waals surface area (Å²) in [6, 6.07) is 7.92. The van der Waals surface area contributed by atoms with Gasteiger partial charge in [-0.2, -0.15) is 5.10 Å². The highest BCUT2D eigenvalue weighted by Crippen LogP contribution is 2.30. The molecular formula is C17H20ClN3O. The summed E-state index contributed by atoms with van der Waals surface area (Å²) in [7, 11) is 1.88. The number of amides is 1. The standard InChI is InChI=1S/C17H20ClN3O/c1-11(2)16-15(17(22)20(3)13-7-8-13)10-19-21(16)14-6-4-5-12(18)9-14/h4-6,9-11,13H,7-8H2,1-3H3. The minimum atomic E-state index is 0.0551. The number of carbonyl (C=O) groups is 1. The van der Waals surface area contributed by atoms with Gasteiger partial charge in [0.2, 0.25) is 0 Å². The van der Waals surface area contributed by atoms with Gasteiger partial charge in [0, 0.05) is 18.1 Å². The van der Waals surface area contributed by atoms with Gasteiger partial charge in [0.15, 0.2) is 0 Å². The first-order valence-corrected chi connectivity index (χ1v) is 7.98. The highest BCUT2D eigenvalue weighted by Gasteiger charge is 2.32. The second-order valence-corrected chi connectivity index (χ2v) is 6.57. The zero-order chi connectivity index (χ0) is 15.9. The summed E-state index contributed by atoms with van der Waals surface area (Å²) < 4.78 is 1.82. The number of rotatable bonds is 4. The van der Waals surface area contributed by atoms with E-state index in [4.69, 9.17) is 11.6 Å². The van der Waals surface area contributed by atoms with E-state index in [1.165, 1.54) is 0 Å². The Labute approximate surface area is 135 Å². The van der Waals surface area contributed by atoms with Crippen molar-refractivity contribution < 1.29 is 4.79 Å². The first kappa shape index (κ1) is 15.1. The van der Waals surface area contributed by atoms with E-state index in [1.807, 2.05) is 40.9 Å². The normalized spacial score (nSPS) is 14.4. The van der Waals surface area contributed by atoms with Crippen LogP contribution in [0, 0.1) is 0 Å². The molecule has 1 amide bonds. The molecule has 1 aromatic carbocycles. The molecule has 0 saturated heterocycles. The highest BCUT2D eigenvalue weighted by atomic mass is 35.5. The summed E-state index contributed by atoms with van der Waals surface area (Å²) in [5, 5.41) is 5.10. The van der Waals surface area contributed by atoms with Crippen LogP contribution in [-0.4, -0.2) is 33.7 Å². The second kappa shape index (κ2) is 5.76. The minimum absolute atomic E-state index is 0.0551. The molecule has 1 aromatic heterocycles. The van der Waals surface area contributed by atoms with Crippen LogP contribution < -0.4 is 0 Å². The van der Waals surface area contributed by atoms with Gasteiger partial charge in [-0.1, -0.05) is 31.5 Å². The molecule has 1 saturated carbocycles. The monoisotopic (exact) mass is 317 g/mol. The van der Waals surface area contributed by atoms with Gasteiger partial charge in [-0.05, 0) is 37.0 Å². The number of hydrogen-bond donors (Lipinski definition) is 0. The van der Waals surface area contributed by atoms with E-state index in [-0.39, 0.29) is 11.8 Å². The Morgan fingerprint density at radius 2 is 2.14 bits per heavy atom. The fourth-order valence-electron chi connectivity index (χ4n) is 2.71. The summed E-state index contributed by atoms with van der Waals surface area (Å²) in [4.78, 5) is 14.5. The molecule has 3 rings (SSSR count). The van der Waals surface area contributed by atoms with E-state index in [0.717, 1.165) is 24.2 Å². The first-order chi connectivity index (χ1) is 10.5. The van der Waals surface area contributed by atoms with Gasteiger partial charge < -0.3 is 4.90 Å². The van der Waals surface area contributed by atoms with Crippen molar-refractivity contribution >= 4 is 17.5 Å². The Kier molecular flexibility index (Phi) is 3.96. The molecule has 1 aliphatic rings. The van der Waals surface area contributed by atoms with Crippen molar-refractivity contribution in [1.29, 1.82) is 0 Å². The molecule has 0 unspecified atom stereocenters. The molecule has 0 bridgehead atoms. The van der Waals surface area contributed by atoms with E-state index < -0.39 is 0 Å². The van der Waals surface area contributed by atoms with Gasteiger partial charge in [0.1, 0.15) is 0 Å². The average Bonchev–Trinajstić information content (AvgIpc) is 3.23. The van der Waals surface area contributed by atoms with Crippen molar-refractivity contribution in [2.75, 3.05) is 7.05 Å². The van der Waals surface area contributed by atoms with Gasteiger partial charge in [0.25, 0.3) is 5.91 Å². The Morgan fingerprint density at radius 3 is 2.73 bits per heavy atom. The Morgan fingerprint density at radius 1 is 1.41 bits per heavy atom. The van der Waals surface area contributed by atoms with Crippen molar-refractivity contribution in [1.82, 2.24) is 14.7 Å². The molecule has 22 heavy (non-hydrogen) atoms. The topological polar surface area (TPSA) is 38.1 Å². The smallest absolute Gasteiger partial charge is 0.257 e. The Bertz CT molecular complexity index is 704. The second-order valence-electron chi connectivity index (χ2n) is 6.14. The van der Waals surface area contributed by atoms with Gasteiger partial charge >= 0.3 is 0 Å². The fraction of sp³-hybridized carbons (Fsp3) is 0.412. The number of carbonyl (C=O) groups excluding carboxylic acids is 1. The summed E-state index contributed by atoms with van der Waals surface area (Å²) in [6.45, 7) is 4.15. The quantitative estimate of drug-likeness (QED) is 0.858. The van der Waals surface area contributed by atoms with Crippen LogP contribution in [0.5, 0.6) is 0 Å². The van der Waals surface area contributed by atoms with Gasteiger partial charge in [-0.15, -0.1) is 0 Å². The highest BCUT2D eigenvalue weighted by molar-refractivity contribution is 6.30. The summed E-state index contributed by atoms with van der Waals surface area (Å²) in [5.41, 5.74) is 2.49. The lowest BCUT2D eigenvalue weighted by atomic mass is 10.0.